The third kappa shape index (κ3) is 11.9. The van der Waals surface area contributed by atoms with Crippen LogP contribution in [0.25, 0.3) is 0 Å². The Morgan fingerprint density at radius 3 is 2.44 bits per heavy atom. The van der Waals surface area contributed by atoms with Gasteiger partial charge in [-0.2, -0.15) is 0 Å². The molecule has 0 aromatic heterocycles. The Balaban J connectivity index is 0.00000676. The fourth-order valence-corrected chi connectivity index (χ4v) is 2.41. The van der Waals surface area contributed by atoms with E-state index in [-0.39, 0.29) is 42.4 Å². The number of ether oxygens (including phenoxy) is 3. The van der Waals surface area contributed by atoms with Gasteiger partial charge in [-0.05, 0) is 19.1 Å². The number of para-hydroxylation sites is 2. The molecule has 1 aromatic carbocycles. The van der Waals surface area contributed by atoms with Gasteiger partial charge in [-0.25, -0.2) is 8.42 Å². The van der Waals surface area contributed by atoms with E-state index in [9.17, 15) is 8.42 Å². The van der Waals surface area contributed by atoms with Crippen LogP contribution < -0.4 is 20.1 Å². The standard InChI is InChI=1S/C17H29N3O5S.HI/c1-14(25-16-8-6-5-7-15(16)23-3)13-20-17(18-2)19-9-10-24-11-12-26(4,21)22;/h5-8,14H,9-13H2,1-4H3,(H2,18,19,20);1H. The number of rotatable bonds is 11. The van der Waals surface area contributed by atoms with E-state index in [4.69, 9.17) is 14.2 Å². The van der Waals surface area contributed by atoms with Gasteiger partial charge in [0.15, 0.2) is 17.5 Å². The summed E-state index contributed by atoms with van der Waals surface area (Å²) in [5, 5.41) is 6.26. The molecule has 0 radical (unpaired) electrons. The minimum absolute atomic E-state index is 0. The van der Waals surface area contributed by atoms with Crippen molar-refractivity contribution in [1.82, 2.24) is 10.6 Å². The second-order valence-corrected chi connectivity index (χ2v) is 7.96. The van der Waals surface area contributed by atoms with E-state index in [2.05, 4.69) is 15.6 Å². The number of methoxy groups -OCH3 is 1. The summed E-state index contributed by atoms with van der Waals surface area (Å²) in [4.78, 5) is 4.12. The molecule has 0 aliphatic rings. The van der Waals surface area contributed by atoms with Gasteiger partial charge >= 0.3 is 0 Å². The normalized spacial score (nSPS) is 12.7. The number of halogens is 1. The molecular weight excluding hydrogens is 485 g/mol. The minimum atomic E-state index is -2.99. The average molecular weight is 515 g/mol. The molecule has 1 atom stereocenters. The Morgan fingerprint density at radius 1 is 1.19 bits per heavy atom. The molecule has 1 aromatic rings. The van der Waals surface area contributed by atoms with Crippen LogP contribution in [0.15, 0.2) is 29.3 Å². The van der Waals surface area contributed by atoms with E-state index in [0.717, 1.165) is 0 Å². The Hall–Kier alpha value is -1.27. The zero-order chi connectivity index (χ0) is 19.4. The lowest BCUT2D eigenvalue weighted by Gasteiger charge is -2.19. The summed E-state index contributed by atoms with van der Waals surface area (Å²) in [7, 11) is 0.293. The number of nitrogens with one attached hydrogen (secondary N) is 2. The van der Waals surface area contributed by atoms with Crippen LogP contribution in [0, 0.1) is 0 Å². The van der Waals surface area contributed by atoms with Gasteiger partial charge in [0.1, 0.15) is 15.9 Å². The molecule has 1 rings (SSSR count). The van der Waals surface area contributed by atoms with Gasteiger partial charge < -0.3 is 24.8 Å². The van der Waals surface area contributed by atoms with Gasteiger partial charge in [0, 0.05) is 19.8 Å². The van der Waals surface area contributed by atoms with Crippen LogP contribution in [0.5, 0.6) is 11.5 Å². The van der Waals surface area contributed by atoms with E-state index < -0.39 is 9.84 Å². The number of nitrogens with zero attached hydrogens (tertiary/aromatic N) is 1. The van der Waals surface area contributed by atoms with Crippen LogP contribution in [0.2, 0.25) is 0 Å². The molecule has 0 fully saturated rings. The van der Waals surface area contributed by atoms with E-state index in [1.54, 1.807) is 14.2 Å². The first-order valence-electron chi connectivity index (χ1n) is 8.35. The highest BCUT2D eigenvalue weighted by Crippen LogP contribution is 2.26. The molecule has 27 heavy (non-hydrogen) atoms. The van der Waals surface area contributed by atoms with E-state index in [0.29, 0.717) is 37.2 Å². The van der Waals surface area contributed by atoms with E-state index >= 15 is 0 Å². The van der Waals surface area contributed by atoms with Crippen LogP contribution in [0.3, 0.4) is 0 Å². The SMILES string of the molecule is CN=C(NCCOCCS(C)(=O)=O)NCC(C)Oc1ccccc1OC.I. The Morgan fingerprint density at radius 2 is 1.85 bits per heavy atom. The first-order valence-corrected chi connectivity index (χ1v) is 10.4. The molecule has 1 unspecified atom stereocenters. The van der Waals surface area contributed by atoms with Gasteiger partial charge in [0.25, 0.3) is 0 Å². The van der Waals surface area contributed by atoms with Gasteiger partial charge in [-0.3, -0.25) is 4.99 Å². The Labute approximate surface area is 179 Å². The van der Waals surface area contributed by atoms with Crippen molar-refractivity contribution in [3.05, 3.63) is 24.3 Å². The molecule has 0 bridgehead atoms. The largest absolute Gasteiger partial charge is 0.493 e. The molecule has 0 aliphatic carbocycles. The maximum absolute atomic E-state index is 11.0. The molecule has 0 saturated carbocycles. The summed E-state index contributed by atoms with van der Waals surface area (Å²) in [6.07, 6.45) is 1.09. The van der Waals surface area contributed by atoms with Crippen molar-refractivity contribution in [2.45, 2.75) is 13.0 Å². The number of hydrogen-bond donors (Lipinski definition) is 2. The molecule has 10 heteroatoms. The zero-order valence-corrected chi connectivity index (χ0v) is 19.4. The highest BCUT2D eigenvalue weighted by Gasteiger charge is 2.09. The number of sulfone groups is 1. The summed E-state index contributed by atoms with van der Waals surface area (Å²) in [6.45, 7) is 3.60. The van der Waals surface area contributed by atoms with Gasteiger partial charge in [-0.1, -0.05) is 12.1 Å². The molecule has 0 amide bonds. The number of guanidine groups is 1. The van der Waals surface area contributed by atoms with Crippen molar-refractivity contribution in [3.63, 3.8) is 0 Å². The maximum Gasteiger partial charge on any atom is 0.191 e. The summed E-state index contributed by atoms with van der Waals surface area (Å²) in [6, 6.07) is 7.48. The summed E-state index contributed by atoms with van der Waals surface area (Å²) >= 11 is 0. The third-order valence-electron chi connectivity index (χ3n) is 3.32. The lowest BCUT2D eigenvalue weighted by molar-refractivity contribution is 0.154. The number of benzene rings is 1. The second kappa shape index (κ2) is 13.8. The number of hydrogen-bond acceptors (Lipinski definition) is 6. The predicted octanol–water partition coefficient (Wildman–Crippen LogP) is 1.31. The molecule has 0 saturated heterocycles. The molecule has 156 valence electrons. The highest BCUT2D eigenvalue weighted by atomic mass is 127. The van der Waals surface area contributed by atoms with Crippen molar-refractivity contribution in [2.75, 3.05) is 52.5 Å². The van der Waals surface area contributed by atoms with Gasteiger partial charge in [-0.15, -0.1) is 24.0 Å². The van der Waals surface area contributed by atoms with Gasteiger partial charge in [0.05, 0.1) is 32.6 Å². The van der Waals surface area contributed by atoms with Crippen molar-refractivity contribution in [1.29, 1.82) is 0 Å². The molecule has 0 aliphatic heterocycles. The first kappa shape index (κ1) is 25.7. The molecule has 8 nitrogen and oxygen atoms in total. The lowest BCUT2D eigenvalue weighted by atomic mass is 10.3. The fraction of sp³-hybridized carbons (Fsp3) is 0.588. The predicted molar refractivity (Wildman–Crippen MR) is 118 cm³/mol. The average Bonchev–Trinajstić information content (AvgIpc) is 2.60. The zero-order valence-electron chi connectivity index (χ0n) is 16.2. The van der Waals surface area contributed by atoms with E-state index in [1.165, 1.54) is 6.26 Å². The van der Waals surface area contributed by atoms with E-state index in [1.807, 2.05) is 31.2 Å². The highest BCUT2D eigenvalue weighted by molar-refractivity contribution is 14.0. The fourth-order valence-electron chi connectivity index (χ4n) is 1.99. The van der Waals surface area contributed by atoms with Crippen LogP contribution >= 0.6 is 24.0 Å². The first-order chi connectivity index (χ1) is 12.4. The smallest absolute Gasteiger partial charge is 0.191 e. The van der Waals surface area contributed by atoms with Gasteiger partial charge in [0.2, 0.25) is 0 Å². The quantitative estimate of drug-likeness (QED) is 0.199. The summed E-state index contributed by atoms with van der Waals surface area (Å²) in [5.41, 5.74) is 0. The molecule has 2 N–H and O–H groups in total. The minimum Gasteiger partial charge on any atom is -0.493 e. The molecular formula is C17H30IN3O5S. The summed E-state index contributed by atoms with van der Waals surface area (Å²) < 4.78 is 38.4. The monoisotopic (exact) mass is 515 g/mol. The molecule has 0 spiro atoms. The topological polar surface area (TPSA) is 98.3 Å². The van der Waals surface area contributed by atoms with Crippen LogP contribution in [0.4, 0.5) is 0 Å². The van der Waals surface area contributed by atoms with Crippen LogP contribution in [-0.4, -0.2) is 73.0 Å². The summed E-state index contributed by atoms with van der Waals surface area (Å²) in [5.74, 6) is 2.02. The van der Waals surface area contributed by atoms with Crippen LogP contribution in [-0.2, 0) is 14.6 Å². The Bertz CT molecular complexity index is 670. The van der Waals surface area contributed by atoms with Crippen molar-refractivity contribution in [2.24, 2.45) is 4.99 Å². The third-order valence-corrected chi connectivity index (χ3v) is 4.22. The Kier molecular flexibility index (Phi) is 13.2. The number of aliphatic imine (C=N–C) groups is 1. The van der Waals surface area contributed by atoms with Crippen molar-refractivity contribution in [3.8, 4) is 11.5 Å². The van der Waals surface area contributed by atoms with Crippen LogP contribution in [0.1, 0.15) is 6.92 Å². The van der Waals surface area contributed by atoms with Crippen molar-refractivity contribution < 1.29 is 22.6 Å². The lowest BCUT2D eigenvalue weighted by Crippen LogP contribution is -2.42. The maximum atomic E-state index is 11.0. The second-order valence-electron chi connectivity index (χ2n) is 5.70. The molecule has 0 heterocycles. The van der Waals surface area contributed by atoms with Crippen molar-refractivity contribution >= 4 is 39.8 Å².